The molecule has 0 aliphatic carbocycles. The predicted molar refractivity (Wildman–Crippen MR) is 136 cm³/mol. The Balaban J connectivity index is 1.63. The molecule has 0 aliphatic heterocycles. The van der Waals surface area contributed by atoms with Gasteiger partial charge in [0.2, 0.25) is 0 Å². The van der Waals surface area contributed by atoms with Crippen LogP contribution < -0.4 is 11.5 Å². The first kappa shape index (κ1) is 22.4. The van der Waals surface area contributed by atoms with Crippen molar-refractivity contribution in [2.45, 2.75) is 8.42 Å². The van der Waals surface area contributed by atoms with Crippen LogP contribution in [0.3, 0.4) is 0 Å². The summed E-state index contributed by atoms with van der Waals surface area (Å²) in [6, 6.07) is 10.8. The number of rotatable bonds is 5. The molecule has 2 aromatic heterocycles. The first-order chi connectivity index (χ1) is 14.3. The molecule has 0 fully saturated rings. The Kier molecular flexibility index (Phi) is 6.96. The molecule has 0 aliphatic rings. The van der Waals surface area contributed by atoms with Gasteiger partial charge in [-0.05, 0) is 45.9 Å². The largest absolute Gasteiger partial charge is 0.375 e. The van der Waals surface area contributed by atoms with Crippen LogP contribution in [0.5, 0.6) is 0 Å². The smallest absolute Gasteiger partial charge is 0.181 e. The van der Waals surface area contributed by atoms with Crippen molar-refractivity contribution in [3.05, 3.63) is 56.5 Å². The Morgan fingerprint density at radius 1 is 0.633 bits per heavy atom. The maximum Gasteiger partial charge on any atom is 0.181 e. The summed E-state index contributed by atoms with van der Waals surface area (Å²) in [4.78, 5) is 8.92. The third-order valence-electron chi connectivity index (χ3n) is 3.80. The van der Waals surface area contributed by atoms with Gasteiger partial charge >= 0.3 is 0 Å². The van der Waals surface area contributed by atoms with Crippen molar-refractivity contribution >= 4 is 101 Å². The molecule has 4 aromatic rings. The number of nitrogens with two attached hydrogens (primary N) is 2. The molecular weight excluding hydrogens is 542 g/mol. The molecule has 2 heterocycles. The van der Waals surface area contributed by atoms with Gasteiger partial charge in [-0.2, -0.15) is 0 Å². The third-order valence-corrected chi connectivity index (χ3v) is 10.3. The number of benzene rings is 2. The summed E-state index contributed by atoms with van der Waals surface area (Å²) in [7, 11) is 3.06. The quantitative estimate of drug-likeness (QED) is 0.242. The summed E-state index contributed by atoms with van der Waals surface area (Å²) < 4.78 is 1.87. The topological polar surface area (TPSA) is 77.8 Å². The zero-order chi connectivity index (χ0) is 21.4. The van der Waals surface area contributed by atoms with Crippen LogP contribution in [0.2, 0.25) is 20.1 Å². The van der Waals surface area contributed by atoms with Gasteiger partial charge in [-0.3, -0.25) is 0 Å². The van der Waals surface area contributed by atoms with Gasteiger partial charge in [-0.15, -0.1) is 0 Å². The van der Waals surface area contributed by atoms with Crippen LogP contribution in [0.15, 0.2) is 44.8 Å². The summed E-state index contributed by atoms with van der Waals surface area (Å²) in [5.41, 5.74) is 15.1. The van der Waals surface area contributed by atoms with Gasteiger partial charge in [-0.1, -0.05) is 81.2 Å². The SMILES string of the molecule is Nc1nc(-c2ccc(Cl)c(Cl)c2)c(SSc2sc(N)nc2-c2ccc(Cl)c(Cl)c2)s1. The van der Waals surface area contributed by atoms with E-state index in [-0.39, 0.29) is 0 Å². The van der Waals surface area contributed by atoms with Gasteiger partial charge in [0.1, 0.15) is 8.42 Å². The van der Waals surface area contributed by atoms with Crippen LogP contribution in [0.1, 0.15) is 0 Å². The molecule has 2 aromatic carbocycles. The number of halogens is 4. The Hall–Kier alpha value is -0.840. The highest BCUT2D eigenvalue weighted by molar-refractivity contribution is 8.77. The van der Waals surface area contributed by atoms with Crippen LogP contribution in [0.25, 0.3) is 22.5 Å². The first-order valence-electron chi connectivity index (χ1n) is 8.10. The molecular formula is C18H10Cl4N4S4. The van der Waals surface area contributed by atoms with Crippen molar-refractivity contribution in [3.8, 4) is 22.5 Å². The van der Waals surface area contributed by atoms with E-state index in [4.69, 9.17) is 57.9 Å². The van der Waals surface area contributed by atoms with E-state index in [1.54, 1.807) is 24.3 Å². The second-order valence-corrected chi connectivity index (χ2v) is 12.2. The molecule has 0 radical (unpaired) electrons. The molecule has 0 spiro atoms. The summed E-state index contributed by atoms with van der Waals surface area (Å²) in [5, 5.41) is 2.82. The Morgan fingerprint density at radius 2 is 1.03 bits per heavy atom. The standard InChI is InChI=1S/C18H10Cl4N4S4/c19-9-3-1-7(5-11(9)21)13-15(27-17(23)25-13)29-30-16-14(26-18(24)28-16)8-2-4-10(20)12(22)6-8/h1-6H,(H2,23,25)(H2,24,26). The lowest BCUT2D eigenvalue weighted by atomic mass is 10.2. The summed E-state index contributed by atoms with van der Waals surface area (Å²) in [5.74, 6) is 0. The van der Waals surface area contributed by atoms with E-state index in [1.807, 2.05) is 12.1 Å². The highest BCUT2D eigenvalue weighted by Gasteiger charge is 2.18. The van der Waals surface area contributed by atoms with E-state index in [9.17, 15) is 0 Å². The van der Waals surface area contributed by atoms with E-state index in [2.05, 4.69) is 9.97 Å². The van der Waals surface area contributed by atoms with Gasteiger partial charge in [0.05, 0.1) is 31.5 Å². The van der Waals surface area contributed by atoms with E-state index in [0.29, 0.717) is 30.4 Å². The van der Waals surface area contributed by atoms with Crippen LogP contribution in [0.4, 0.5) is 10.3 Å². The molecule has 4 nitrogen and oxygen atoms in total. The van der Waals surface area contributed by atoms with Gasteiger partial charge < -0.3 is 11.5 Å². The zero-order valence-electron chi connectivity index (χ0n) is 14.7. The molecule has 0 unspecified atom stereocenters. The van der Waals surface area contributed by atoms with Crippen molar-refractivity contribution in [1.82, 2.24) is 9.97 Å². The minimum absolute atomic E-state index is 0.460. The lowest BCUT2D eigenvalue weighted by Crippen LogP contribution is -1.84. The van der Waals surface area contributed by atoms with Crippen molar-refractivity contribution in [1.29, 1.82) is 0 Å². The highest BCUT2D eigenvalue weighted by Crippen LogP contribution is 2.50. The van der Waals surface area contributed by atoms with E-state index >= 15 is 0 Å². The summed E-state index contributed by atoms with van der Waals surface area (Å²) >= 11 is 27.2. The maximum absolute atomic E-state index is 6.17. The van der Waals surface area contributed by atoms with Crippen LogP contribution in [0, 0.1) is 0 Å². The number of hydrogen-bond donors (Lipinski definition) is 2. The lowest BCUT2D eigenvalue weighted by Gasteiger charge is -2.05. The van der Waals surface area contributed by atoms with Gasteiger partial charge in [-0.25, -0.2) is 9.97 Å². The zero-order valence-corrected chi connectivity index (χ0v) is 20.9. The van der Waals surface area contributed by atoms with Crippen molar-refractivity contribution < 1.29 is 0 Å². The average Bonchev–Trinajstić information content (AvgIpc) is 3.26. The molecule has 0 saturated heterocycles. The van der Waals surface area contributed by atoms with Crippen molar-refractivity contribution in [2.24, 2.45) is 0 Å². The molecule has 30 heavy (non-hydrogen) atoms. The van der Waals surface area contributed by atoms with Crippen molar-refractivity contribution in [3.63, 3.8) is 0 Å². The first-order valence-corrected chi connectivity index (χ1v) is 13.4. The Labute approximate surface area is 208 Å². The van der Waals surface area contributed by atoms with Crippen LogP contribution in [-0.4, -0.2) is 9.97 Å². The minimum atomic E-state index is 0.460. The summed E-state index contributed by atoms with van der Waals surface area (Å²) in [6.45, 7) is 0. The monoisotopic (exact) mass is 550 g/mol. The second-order valence-electron chi connectivity index (χ2n) is 5.80. The average molecular weight is 552 g/mol. The van der Waals surface area contributed by atoms with Crippen molar-refractivity contribution in [2.75, 3.05) is 11.5 Å². The highest BCUT2D eigenvalue weighted by atomic mass is 35.5. The Bertz CT molecular complexity index is 1150. The number of thiazole rings is 2. The fourth-order valence-electron chi connectivity index (χ4n) is 2.48. The molecule has 0 bridgehead atoms. The molecule has 154 valence electrons. The second kappa shape index (κ2) is 9.34. The number of anilines is 2. The van der Waals surface area contributed by atoms with Gasteiger partial charge in [0, 0.05) is 11.1 Å². The summed E-state index contributed by atoms with van der Waals surface area (Å²) in [6.07, 6.45) is 0. The third kappa shape index (κ3) is 4.81. The Morgan fingerprint density at radius 3 is 1.40 bits per heavy atom. The van der Waals surface area contributed by atoms with Crippen LogP contribution in [-0.2, 0) is 0 Å². The number of aromatic nitrogens is 2. The van der Waals surface area contributed by atoms with E-state index in [1.165, 1.54) is 44.3 Å². The van der Waals surface area contributed by atoms with Gasteiger partial charge in [0.25, 0.3) is 0 Å². The normalized spacial score (nSPS) is 11.2. The molecule has 4 N–H and O–H groups in total. The molecule has 4 rings (SSSR count). The van der Waals surface area contributed by atoms with Gasteiger partial charge in [0.15, 0.2) is 10.3 Å². The fraction of sp³-hybridized carbons (Fsp3) is 0. The number of nitrogen functional groups attached to an aromatic ring is 2. The van der Waals surface area contributed by atoms with Crippen LogP contribution >= 0.6 is 90.7 Å². The maximum atomic E-state index is 6.17. The van der Waals surface area contributed by atoms with E-state index in [0.717, 1.165) is 30.9 Å². The molecule has 0 amide bonds. The molecule has 0 saturated carbocycles. The molecule has 12 heteroatoms. The molecule has 0 atom stereocenters. The number of nitrogens with zero attached hydrogens (tertiary/aromatic N) is 2. The van der Waals surface area contributed by atoms with E-state index < -0.39 is 0 Å². The predicted octanol–water partition coefficient (Wildman–Crippen LogP) is 8.51. The fourth-order valence-corrected chi connectivity index (χ4v) is 7.83. The minimum Gasteiger partial charge on any atom is -0.375 e. The number of hydrogen-bond acceptors (Lipinski definition) is 8. The lowest BCUT2D eigenvalue weighted by molar-refractivity contribution is 1.37.